The predicted molar refractivity (Wildman–Crippen MR) is 45.6 cm³/mol. The molecule has 2 rings (SSSR count). The molecule has 0 bridgehead atoms. The molecule has 58 valence electrons. The van der Waals surface area contributed by atoms with E-state index < -0.39 is 0 Å². The molecule has 1 aromatic heterocycles. The molecule has 1 aromatic rings. The summed E-state index contributed by atoms with van der Waals surface area (Å²) in [6.07, 6.45) is 0. The highest BCUT2D eigenvalue weighted by molar-refractivity contribution is 5.68. The highest BCUT2D eigenvalue weighted by Gasteiger charge is 2.07. The average Bonchev–Trinajstić information content (AvgIpc) is 2.04. The highest BCUT2D eigenvalue weighted by atomic mass is 15.1. The van der Waals surface area contributed by atoms with Gasteiger partial charge in [-0.1, -0.05) is 0 Å². The summed E-state index contributed by atoms with van der Waals surface area (Å²) in [6.45, 7) is 1.85. The topological polar surface area (TPSA) is 63.0 Å². The molecule has 0 amide bonds. The molecule has 0 spiro atoms. The van der Waals surface area contributed by atoms with Gasteiger partial charge in [0.15, 0.2) is 5.82 Å². The van der Waals surface area contributed by atoms with Crippen molar-refractivity contribution in [2.24, 2.45) is 0 Å². The number of nitrogens with one attached hydrogen (secondary N) is 2. The first-order valence-corrected chi connectivity index (χ1v) is 3.60. The number of anilines is 3. The van der Waals surface area contributed by atoms with Crippen molar-refractivity contribution in [3.05, 3.63) is 12.1 Å². The number of nitrogens with zero attached hydrogens (tertiary/aromatic N) is 1. The molecule has 4 nitrogen and oxygen atoms in total. The van der Waals surface area contributed by atoms with Crippen molar-refractivity contribution in [3.8, 4) is 0 Å². The summed E-state index contributed by atoms with van der Waals surface area (Å²) in [6, 6.07) is 3.72. The van der Waals surface area contributed by atoms with Crippen molar-refractivity contribution in [2.75, 3.05) is 29.5 Å². The molecule has 2 heterocycles. The standard InChI is InChI=1S/C7H10N4/c8-6-2-1-5-7(11-6)10-4-3-9-5/h1-2,9H,3-4H2,(H3,8,10,11). The van der Waals surface area contributed by atoms with Crippen molar-refractivity contribution in [3.63, 3.8) is 0 Å². The second kappa shape index (κ2) is 2.30. The Morgan fingerprint density at radius 3 is 3.00 bits per heavy atom. The van der Waals surface area contributed by atoms with E-state index in [-0.39, 0.29) is 0 Å². The predicted octanol–water partition coefficient (Wildman–Crippen LogP) is 0.501. The molecule has 0 aliphatic carbocycles. The van der Waals surface area contributed by atoms with Gasteiger partial charge in [0, 0.05) is 13.1 Å². The fourth-order valence-corrected chi connectivity index (χ4v) is 1.13. The first-order chi connectivity index (χ1) is 5.36. The number of nitrogen functional groups attached to an aromatic ring is 1. The number of aromatic nitrogens is 1. The quantitative estimate of drug-likeness (QED) is 0.504. The third-order valence-electron chi connectivity index (χ3n) is 1.65. The lowest BCUT2D eigenvalue weighted by atomic mass is 10.3. The van der Waals surface area contributed by atoms with Gasteiger partial charge >= 0.3 is 0 Å². The molecule has 0 fully saturated rings. The molecular weight excluding hydrogens is 140 g/mol. The summed E-state index contributed by atoms with van der Waals surface area (Å²) < 4.78 is 0. The van der Waals surface area contributed by atoms with Gasteiger partial charge in [-0.15, -0.1) is 0 Å². The highest BCUT2D eigenvalue weighted by Crippen LogP contribution is 2.21. The smallest absolute Gasteiger partial charge is 0.151 e. The maximum absolute atomic E-state index is 5.50. The Labute approximate surface area is 64.8 Å². The van der Waals surface area contributed by atoms with Crippen LogP contribution < -0.4 is 16.4 Å². The van der Waals surface area contributed by atoms with Crippen molar-refractivity contribution >= 4 is 17.3 Å². The van der Waals surface area contributed by atoms with E-state index in [0.29, 0.717) is 5.82 Å². The van der Waals surface area contributed by atoms with Gasteiger partial charge in [0.25, 0.3) is 0 Å². The molecule has 11 heavy (non-hydrogen) atoms. The third kappa shape index (κ3) is 1.07. The van der Waals surface area contributed by atoms with E-state index in [1.165, 1.54) is 0 Å². The Kier molecular flexibility index (Phi) is 1.31. The average molecular weight is 150 g/mol. The van der Waals surface area contributed by atoms with E-state index in [2.05, 4.69) is 15.6 Å². The minimum absolute atomic E-state index is 0.556. The second-order valence-corrected chi connectivity index (χ2v) is 2.49. The summed E-state index contributed by atoms with van der Waals surface area (Å²) in [5.74, 6) is 1.41. The first kappa shape index (κ1) is 6.27. The largest absolute Gasteiger partial charge is 0.384 e. The third-order valence-corrected chi connectivity index (χ3v) is 1.65. The van der Waals surface area contributed by atoms with Crippen molar-refractivity contribution in [1.29, 1.82) is 0 Å². The summed E-state index contributed by atoms with van der Waals surface area (Å²) in [5, 5.41) is 6.36. The Morgan fingerprint density at radius 2 is 2.09 bits per heavy atom. The fourth-order valence-electron chi connectivity index (χ4n) is 1.13. The zero-order valence-electron chi connectivity index (χ0n) is 6.09. The second-order valence-electron chi connectivity index (χ2n) is 2.49. The normalized spacial score (nSPS) is 14.5. The minimum Gasteiger partial charge on any atom is -0.384 e. The molecule has 0 saturated heterocycles. The number of fused-ring (bicyclic) bond motifs is 1. The fraction of sp³-hybridized carbons (Fsp3) is 0.286. The van der Waals surface area contributed by atoms with Crippen LogP contribution in [0.5, 0.6) is 0 Å². The Bertz CT molecular complexity index is 271. The summed E-state index contributed by atoms with van der Waals surface area (Å²) in [7, 11) is 0. The lowest BCUT2D eigenvalue weighted by molar-refractivity contribution is 1.02. The van der Waals surface area contributed by atoms with Crippen LogP contribution in [-0.2, 0) is 0 Å². The molecule has 0 aromatic carbocycles. The van der Waals surface area contributed by atoms with E-state index in [4.69, 9.17) is 5.73 Å². The molecule has 1 aliphatic rings. The zero-order chi connectivity index (χ0) is 7.68. The lowest BCUT2D eigenvalue weighted by Gasteiger charge is -2.18. The molecule has 0 radical (unpaired) electrons. The van der Waals surface area contributed by atoms with E-state index in [1.54, 1.807) is 6.07 Å². The van der Waals surface area contributed by atoms with Gasteiger partial charge in [-0.2, -0.15) is 0 Å². The van der Waals surface area contributed by atoms with E-state index in [0.717, 1.165) is 24.6 Å². The van der Waals surface area contributed by atoms with Gasteiger partial charge in [-0.3, -0.25) is 0 Å². The van der Waals surface area contributed by atoms with Gasteiger partial charge in [0.05, 0.1) is 5.69 Å². The van der Waals surface area contributed by atoms with Crippen LogP contribution in [0.4, 0.5) is 17.3 Å². The van der Waals surface area contributed by atoms with Crippen molar-refractivity contribution in [1.82, 2.24) is 4.98 Å². The zero-order valence-corrected chi connectivity index (χ0v) is 6.09. The first-order valence-electron chi connectivity index (χ1n) is 3.60. The summed E-state index contributed by atoms with van der Waals surface area (Å²) >= 11 is 0. The van der Waals surface area contributed by atoms with Crippen LogP contribution in [0.25, 0.3) is 0 Å². The molecule has 4 heteroatoms. The van der Waals surface area contributed by atoms with E-state index in [9.17, 15) is 0 Å². The molecular formula is C7H10N4. The Hall–Kier alpha value is -1.45. The van der Waals surface area contributed by atoms with Gasteiger partial charge in [-0.25, -0.2) is 4.98 Å². The number of hydrogen-bond donors (Lipinski definition) is 3. The van der Waals surface area contributed by atoms with Crippen LogP contribution in [-0.4, -0.2) is 18.1 Å². The molecule has 1 aliphatic heterocycles. The van der Waals surface area contributed by atoms with Gasteiger partial charge in [0.1, 0.15) is 5.82 Å². The van der Waals surface area contributed by atoms with Gasteiger partial charge in [-0.05, 0) is 12.1 Å². The molecule has 0 saturated carbocycles. The van der Waals surface area contributed by atoms with Crippen LogP contribution in [0.1, 0.15) is 0 Å². The van der Waals surface area contributed by atoms with Crippen LogP contribution >= 0.6 is 0 Å². The van der Waals surface area contributed by atoms with Crippen LogP contribution in [0, 0.1) is 0 Å². The maximum atomic E-state index is 5.50. The molecule has 0 unspecified atom stereocenters. The van der Waals surface area contributed by atoms with Crippen LogP contribution in [0.15, 0.2) is 12.1 Å². The maximum Gasteiger partial charge on any atom is 0.151 e. The SMILES string of the molecule is Nc1ccc2c(n1)NCCN2. The minimum atomic E-state index is 0.556. The Balaban J connectivity index is 2.43. The van der Waals surface area contributed by atoms with Gasteiger partial charge in [0.2, 0.25) is 0 Å². The monoisotopic (exact) mass is 150 g/mol. The Morgan fingerprint density at radius 1 is 1.27 bits per heavy atom. The van der Waals surface area contributed by atoms with E-state index >= 15 is 0 Å². The number of pyridine rings is 1. The number of hydrogen-bond acceptors (Lipinski definition) is 4. The van der Waals surface area contributed by atoms with Crippen LogP contribution in [0.3, 0.4) is 0 Å². The van der Waals surface area contributed by atoms with Crippen LogP contribution in [0.2, 0.25) is 0 Å². The van der Waals surface area contributed by atoms with Crippen molar-refractivity contribution in [2.45, 2.75) is 0 Å². The van der Waals surface area contributed by atoms with Crippen molar-refractivity contribution < 1.29 is 0 Å². The molecule has 0 atom stereocenters. The van der Waals surface area contributed by atoms with Gasteiger partial charge < -0.3 is 16.4 Å². The number of nitrogens with two attached hydrogens (primary N) is 1. The lowest BCUT2D eigenvalue weighted by Crippen LogP contribution is -2.21. The summed E-state index contributed by atoms with van der Waals surface area (Å²) in [4.78, 5) is 4.12. The molecule has 4 N–H and O–H groups in total. The number of rotatable bonds is 0. The summed E-state index contributed by atoms with van der Waals surface area (Å²) in [5.41, 5.74) is 6.54. The van der Waals surface area contributed by atoms with E-state index in [1.807, 2.05) is 6.07 Å².